The molecule has 1 nitrogen and oxygen atoms in total. The van der Waals surface area contributed by atoms with E-state index < -0.39 is 0 Å². The van der Waals surface area contributed by atoms with Crippen LogP contribution in [0.25, 0.3) is 0 Å². The molecule has 0 saturated carbocycles. The summed E-state index contributed by atoms with van der Waals surface area (Å²) in [4.78, 5) is 1.39. The minimum absolute atomic E-state index is 0.407. The molecule has 0 saturated heterocycles. The first kappa shape index (κ1) is 10.2. The largest absolute Gasteiger partial charge is 0.201 e. The molecule has 0 N–H and O–H groups in total. The van der Waals surface area contributed by atoms with Gasteiger partial charge >= 0.3 is 0 Å². The molecule has 0 unspecified atom stereocenters. The van der Waals surface area contributed by atoms with E-state index in [1.165, 1.54) is 11.3 Å². The van der Waals surface area contributed by atoms with Crippen LogP contribution >= 0.6 is 27.5 Å². The van der Waals surface area contributed by atoms with Crippen LogP contribution in [-0.2, 0) is 6.42 Å². The fourth-order valence-corrected chi connectivity index (χ4v) is 1.75. The molecule has 12 heavy (non-hydrogen) atoms. The summed E-state index contributed by atoms with van der Waals surface area (Å²) < 4.78 is 4.08. The van der Waals surface area contributed by atoms with Crippen molar-refractivity contribution >= 4 is 27.5 Å². The zero-order valence-electron chi connectivity index (χ0n) is 7.51. The molecule has 1 aromatic heterocycles. The van der Waals surface area contributed by atoms with Crippen molar-refractivity contribution < 1.29 is 0 Å². The third kappa shape index (κ3) is 3.23. The molecular formula is C9H14BrNS. The number of alkyl halides is 1. The van der Waals surface area contributed by atoms with Gasteiger partial charge in [0.25, 0.3) is 0 Å². The molecule has 0 aliphatic heterocycles. The van der Waals surface area contributed by atoms with Crippen molar-refractivity contribution in [3.05, 3.63) is 17.1 Å². The first-order valence-electron chi connectivity index (χ1n) is 4.09. The molecule has 0 spiro atoms. The molecular weight excluding hydrogens is 234 g/mol. The molecule has 68 valence electrons. The van der Waals surface area contributed by atoms with Crippen molar-refractivity contribution in [3.8, 4) is 0 Å². The summed E-state index contributed by atoms with van der Waals surface area (Å²) in [6.07, 6.45) is 4.25. The van der Waals surface area contributed by atoms with Crippen molar-refractivity contribution in [3.63, 3.8) is 0 Å². The topological polar surface area (TPSA) is 12.9 Å². The Hall–Kier alpha value is 0.110. The summed E-state index contributed by atoms with van der Waals surface area (Å²) in [5.74, 6) is 0. The summed E-state index contributed by atoms with van der Waals surface area (Å²) in [6, 6.07) is 2.11. The minimum Gasteiger partial charge on any atom is -0.201 e. The van der Waals surface area contributed by atoms with Crippen LogP contribution in [0.3, 0.4) is 0 Å². The van der Waals surface area contributed by atoms with Crippen LogP contribution in [0.1, 0.15) is 25.1 Å². The van der Waals surface area contributed by atoms with Crippen LogP contribution in [0.5, 0.6) is 0 Å². The number of aryl methyl sites for hydroxylation is 1. The fourth-order valence-electron chi connectivity index (χ4n) is 0.899. The lowest BCUT2D eigenvalue weighted by molar-refractivity contribution is 0.392. The Morgan fingerprint density at radius 3 is 2.83 bits per heavy atom. The maximum atomic E-state index is 4.08. The molecule has 0 radical (unpaired) electrons. The Labute approximate surface area is 86.5 Å². The van der Waals surface area contributed by atoms with E-state index in [1.54, 1.807) is 11.5 Å². The third-order valence-corrected chi connectivity index (χ3v) is 4.22. The van der Waals surface area contributed by atoms with Gasteiger partial charge in [0.15, 0.2) is 0 Å². The van der Waals surface area contributed by atoms with Crippen molar-refractivity contribution in [1.29, 1.82) is 0 Å². The average Bonchev–Trinajstić information content (AvgIpc) is 2.53. The molecule has 1 heterocycles. The summed E-state index contributed by atoms with van der Waals surface area (Å²) in [7, 11) is 0. The van der Waals surface area contributed by atoms with Gasteiger partial charge in [-0.15, -0.1) is 0 Å². The molecule has 1 aromatic rings. The lowest BCUT2D eigenvalue weighted by Crippen LogP contribution is -2.13. The second kappa shape index (κ2) is 4.38. The van der Waals surface area contributed by atoms with Gasteiger partial charge in [0, 0.05) is 16.4 Å². The van der Waals surface area contributed by atoms with Gasteiger partial charge in [0.2, 0.25) is 0 Å². The van der Waals surface area contributed by atoms with E-state index in [-0.39, 0.29) is 0 Å². The summed E-state index contributed by atoms with van der Waals surface area (Å²) in [5.41, 5.74) is 0.407. The van der Waals surface area contributed by atoms with Gasteiger partial charge < -0.3 is 0 Å². The van der Waals surface area contributed by atoms with Crippen LogP contribution in [-0.4, -0.2) is 9.70 Å². The van der Waals surface area contributed by atoms with Gasteiger partial charge in [-0.1, -0.05) is 29.8 Å². The van der Waals surface area contributed by atoms with E-state index in [0.29, 0.717) is 5.41 Å². The van der Waals surface area contributed by atoms with E-state index in [9.17, 15) is 0 Å². The lowest BCUT2D eigenvalue weighted by atomic mass is 9.90. The summed E-state index contributed by atoms with van der Waals surface area (Å²) in [5, 5.41) is 1.07. The number of hydrogen-bond donors (Lipinski definition) is 0. The molecule has 0 fully saturated rings. The first-order valence-corrected chi connectivity index (χ1v) is 5.99. The van der Waals surface area contributed by atoms with Crippen molar-refractivity contribution in [1.82, 2.24) is 4.37 Å². The molecule has 0 aliphatic carbocycles. The number of nitrogens with zero attached hydrogens (tertiary/aromatic N) is 1. The van der Waals surface area contributed by atoms with E-state index in [1.807, 2.05) is 6.20 Å². The highest BCUT2D eigenvalue weighted by atomic mass is 79.9. The third-order valence-electron chi connectivity index (χ3n) is 1.90. The molecule has 0 bridgehead atoms. The normalized spacial score (nSPS) is 11.9. The molecule has 3 heteroatoms. The van der Waals surface area contributed by atoms with Crippen LogP contribution in [0.15, 0.2) is 12.3 Å². The van der Waals surface area contributed by atoms with Crippen molar-refractivity contribution in [2.45, 2.75) is 26.7 Å². The zero-order valence-corrected chi connectivity index (χ0v) is 9.91. The highest BCUT2D eigenvalue weighted by Gasteiger charge is 2.15. The molecule has 0 atom stereocenters. The second-order valence-electron chi connectivity index (χ2n) is 3.78. The lowest BCUT2D eigenvalue weighted by Gasteiger charge is -2.20. The Bertz CT molecular complexity index is 218. The van der Waals surface area contributed by atoms with Crippen LogP contribution in [0.2, 0.25) is 0 Å². The summed E-state index contributed by atoms with van der Waals surface area (Å²) in [6.45, 7) is 4.56. The number of aromatic nitrogens is 1. The zero-order chi connectivity index (χ0) is 9.03. The van der Waals surface area contributed by atoms with E-state index in [2.05, 4.69) is 40.2 Å². The van der Waals surface area contributed by atoms with Crippen LogP contribution in [0.4, 0.5) is 0 Å². The second-order valence-corrected chi connectivity index (χ2v) is 5.26. The van der Waals surface area contributed by atoms with Gasteiger partial charge in [0.05, 0.1) is 0 Å². The quantitative estimate of drug-likeness (QED) is 0.743. The highest BCUT2D eigenvalue weighted by molar-refractivity contribution is 9.09. The highest BCUT2D eigenvalue weighted by Crippen LogP contribution is 2.25. The van der Waals surface area contributed by atoms with E-state index in [0.717, 1.165) is 11.8 Å². The average molecular weight is 248 g/mol. The smallest absolute Gasteiger partial charge is 0.0409 e. The predicted octanol–water partition coefficient (Wildman–Crippen LogP) is 3.50. The Balaban J connectivity index is 2.36. The van der Waals surface area contributed by atoms with Crippen LogP contribution in [0, 0.1) is 5.41 Å². The summed E-state index contributed by atoms with van der Waals surface area (Å²) >= 11 is 5.13. The minimum atomic E-state index is 0.407. The fraction of sp³-hybridized carbons (Fsp3) is 0.667. The SMILES string of the molecule is CC(C)(CBr)CCc1ccns1. The standard InChI is InChI=1S/C9H14BrNS/c1-9(2,7-10)5-3-8-4-6-11-12-8/h4,6H,3,5,7H2,1-2H3. The Kier molecular flexibility index (Phi) is 3.72. The molecule has 0 aliphatic rings. The molecule has 0 aromatic carbocycles. The maximum absolute atomic E-state index is 4.08. The molecule has 0 amide bonds. The Morgan fingerprint density at radius 2 is 2.33 bits per heavy atom. The van der Waals surface area contributed by atoms with E-state index >= 15 is 0 Å². The molecule has 1 rings (SSSR count). The van der Waals surface area contributed by atoms with Gasteiger partial charge in [0.1, 0.15) is 0 Å². The van der Waals surface area contributed by atoms with Gasteiger partial charge in [-0.2, -0.15) is 0 Å². The van der Waals surface area contributed by atoms with Crippen molar-refractivity contribution in [2.24, 2.45) is 5.41 Å². The first-order chi connectivity index (χ1) is 5.64. The van der Waals surface area contributed by atoms with Crippen LogP contribution < -0.4 is 0 Å². The van der Waals surface area contributed by atoms with Gasteiger partial charge in [-0.3, -0.25) is 0 Å². The van der Waals surface area contributed by atoms with Gasteiger partial charge in [-0.05, 0) is 35.9 Å². The monoisotopic (exact) mass is 247 g/mol. The predicted molar refractivity (Wildman–Crippen MR) is 58.0 cm³/mol. The maximum Gasteiger partial charge on any atom is 0.0409 e. The van der Waals surface area contributed by atoms with E-state index in [4.69, 9.17) is 0 Å². The Morgan fingerprint density at radius 1 is 1.58 bits per heavy atom. The van der Waals surface area contributed by atoms with Crippen molar-refractivity contribution in [2.75, 3.05) is 5.33 Å². The number of hydrogen-bond acceptors (Lipinski definition) is 2. The van der Waals surface area contributed by atoms with Gasteiger partial charge in [-0.25, -0.2) is 4.37 Å². The number of halogens is 1. The number of rotatable bonds is 4.